The van der Waals surface area contributed by atoms with Crippen molar-refractivity contribution in [3.05, 3.63) is 23.8 Å². The number of carbonyl (C=O) groups is 1. The average molecular weight is 188 g/mol. The van der Waals surface area contributed by atoms with Crippen molar-refractivity contribution in [1.82, 2.24) is 0 Å². The summed E-state index contributed by atoms with van der Waals surface area (Å²) in [5, 5.41) is 0. The lowest BCUT2D eigenvalue weighted by atomic mass is 10.2. The second-order valence-electron chi connectivity index (χ2n) is 2.87. The van der Waals surface area contributed by atoms with Crippen LogP contribution in [0.1, 0.15) is 12.5 Å². The highest BCUT2D eigenvalue weighted by Crippen LogP contribution is 2.32. The molecule has 0 N–H and O–H groups in total. The summed E-state index contributed by atoms with van der Waals surface area (Å²) in [6.45, 7) is 1.68. The Morgan fingerprint density at radius 1 is 1.36 bits per heavy atom. The third-order valence-corrected chi connectivity index (χ3v) is 1.76. The minimum atomic E-state index is -0.150. The SMILES string of the molecule is CC(=O)C#Cc1ccc2c(c1)OCO2. The van der Waals surface area contributed by atoms with Crippen LogP contribution in [-0.2, 0) is 4.79 Å². The van der Waals surface area contributed by atoms with Crippen LogP contribution < -0.4 is 9.47 Å². The Hall–Kier alpha value is -1.95. The summed E-state index contributed by atoms with van der Waals surface area (Å²) < 4.78 is 10.3. The van der Waals surface area contributed by atoms with Crippen LogP contribution in [0, 0.1) is 11.8 Å². The van der Waals surface area contributed by atoms with Crippen molar-refractivity contribution >= 4 is 5.78 Å². The Balaban J connectivity index is 2.30. The van der Waals surface area contributed by atoms with Gasteiger partial charge >= 0.3 is 0 Å². The number of fused-ring (bicyclic) bond motifs is 1. The first kappa shape index (κ1) is 8.64. The van der Waals surface area contributed by atoms with Crippen molar-refractivity contribution in [2.24, 2.45) is 0 Å². The van der Waals surface area contributed by atoms with Crippen LogP contribution in [0.2, 0.25) is 0 Å². The minimum Gasteiger partial charge on any atom is -0.454 e. The largest absolute Gasteiger partial charge is 0.454 e. The van der Waals surface area contributed by atoms with Gasteiger partial charge in [0.05, 0.1) is 0 Å². The molecular weight excluding hydrogens is 180 g/mol. The van der Waals surface area contributed by atoms with E-state index in [0.717, 1.165) is 11.3 Å². The maximum Gasteiger partial charge on any atom is 0.231 e. The lowest BCUT2D eigenvalue weighted by molar-refractivity contribution is -0.111. The molecule has 0 aromatic heterocycles. The van der Waals surface area contributed by atoms with Gasteiger partial charge < -0.3 is 9.47 Å². The highest BCUT2D eigenvalue weighted by atomic mass is 16.7. The summed E-state index contributed by atoms with van der Waals surface area (Å²) in [7, 11) is 0. The van der Waals surface area contributed by atoms with Crippen LogP contribution in [0.15, 0.2) is 18.2 Å². The molecule has 1 aliphatic heterocycles. The lowest BCUT2D eigenvalue weighted by Crippen LogP contribution is -1.92. The van der Waals surface area contributed by atoms with Crippen LogP contribution in [0.5, 0.6) is 11.5 Å². The van der Waals surface area contributed by atoms with E-state index in [2.05, 4.69) is 11.8 Å². The van der Waals surface area contributed by atoms with Gasteiger partial charge in [-0.3, -0.25) is 4.79 Å². The standard InChI is InChI=1S/C11H8O3/c1-8(12)2-3-9-4-5-10-11(6-9)14-7-13-10/h4-6H,7H2,1H3. The fourth-order valence-corrected chi connectivity index (χ4v) is 1.13. The monoisotopic (exact) mass is 188 g/mol. The van der Waals surface area contributed by atoms with Gasteiger partial charge in [-0.25, -0.2) is 0 Å². The van der Waals surface area contributed by atoms with Crippen LogP contribution in [0.3, 0.4) is 0 Å². The molecule has 14 heavy (non-hydrogen) atoms. The van der Waals surface area contributed by atoms with E-state index in [-0.39, 0.29) is 12.6 Å². The number of Topliss-reactive ketones (excluding diaryl/α,β-unsaturated/α-hetero) is 1. The summed E-state index contributed by atoms with van der Waals surface area (Å²) >= 11 is 0. The fraction of sp³-hybridized carbons (Fsp3) is 0.182. The van der Waals surface area contributed by atoms with E-state index in [1.165, 1.54) is 6.92 Å². The van der Waals surface area contributed by atoms with E-state index >= 15 is 0 Å². The van der Waals surface area contributed by atoms with Crippen LogP contribution >= 0.6 is 0 Å². The van der Waals surface area contributed by atoms with Crippen LogP contribution in [-0.4, -0.2) is 12.6 Å². The normalized spacial score (nSPS) is 11.8. The van der Waals surface area contributed by atoms with E-state index in [4.69, 9.17) is 9.47 Å². The van der Waals surface area contributed by atoms with Gasteiger partial charge in [0.15, 0.2) is 11.5 Å². The van der Waals surface area contributed by atoms with Crippen molar-refractivity contribution in [3.63, 3.8) is 0 Å². The summed E-state index contributed by atoms with van der Waals surface area (Å²) in [5.41, 5.74) is 0.754. The smallest absolute Gasteiger partial charge is 0.231 e. The molecule has 1 aromatic carbocycles. The number of hydrogen-bond donors (Lipinski definition) is 0. The first-order valence-corrected chi connectivity index (χ1v) is 4.18. The molecule has 0 saturated heterocycles. The zero-order chi connectivity index (χ0) is 9.97. The Kier molecular flexibility index (Phi) is 2.11. The van der Waals surface area contributed by atoms with Gasteiger partial charge in [0.25, 0.3) is 0 Å². The van der Waals surface area contributed by atoms with E-state index in [9.17, 15) is 4.79 Å². The summed E-state index contributed by atoms with van der Waals surface area (Å²) in [6, 6.07) is 5.34. The topological polar surface area (TPSA) is 35.5 Å². The molecule has 1 aliphatic rings. The molecule has 3 nitrogen and oxygen atoms in total. The van der Waals surface area contributed by atoms with Gasteiger partial charge in [-0.05, 0) is 24.1 Å². The molecule has 0 amide bonds. The first-order chi connectivity index (χ1) is 6.75. The number of carbonyl (C=O) groups excluding carboxylic acids is 1. The van der Waals surface area contributed by atoms with Gasteiger partial charge in [-0.15, -0.1) is 0 Å². The van der Waals surface area contributed by atoms with Crippen molar-refractivity contribution in [2.75, 3.05) is 6.79 Å². The number of ether oxygens (including phenoxy) is 2. The Morgan fingerprint density at radius 3 is 2.93 bits per heavy atom. The maximum absolute atomic E-state index is 10.6. The second kappa shape index (κ2) is 3.43. The molecule has 0 atom stereocenters. The van der Waals surface area contributed by atoms with E-state index in [1.807, 2.05) is 0 Å². The Labute approximate surface area is 81.6 Å². The van der Waals surface area contributed by atoms with Crippen LogP contribution in [0.4, 0.5) is 0 Å². The first-order valence-electron chi connectivity index (χ1n) is 4.18. The van der Waals surface area contributed by atoms with E-state index in [1.54, 1.807) is 18.2 Å². The average Bonchev–Trinajstić information content (AvgIpc) is 2.61. The van der Waals surface area contributed by atoms with Crippen molar-refractivity contribution < 1.29 is 14.3 Å². The zero-order valence-corrected chi connectivity index (χ0v) is 7.66. The van der Waals surface area contributed by atoms with Crippen molar-refractivity contribution in [3.8, 4) is 23.3 Å². The zero-order valence-electron chi connectivity index (χ0n) is 7.66. The Morgan fingerprint density at radius 2 is 2.14 bits per heavy atom. The molecule has 0 spiro atoms. The third kappa shape index (κ3) is 1.69. The van der Waals surface area contributed by atoms with Gasteiger partial charge in [0.1, 0.15) is 0 Å². The molecule has 3 heteroatoms. The van der Waals surface area contributed by atoms with Gasteiger partial charge in [-0.2, -0.15) is 0 Å². The highest BCUT2D eigenvalue weighted by Gasteiger charge is 2.12. The molecule has 1 heterocycles. The fourth-order valence-electron chi connectivity index (χ4n) is 1.13. The molecule has 0 bridgehead atoms. The highest BCUT2D eigenvalue weighted by molar-refractivity contribution is 5.93. The lowest BCUT2D eigenvalue weighted by Gasteiger charge is -1.94. The molecule has 1 aromatic rings. The van der Waals surface area contributed by atoms with Gasteiger partial charge in [0.2, 0.25) is 12.6 Å². The minimum absolute atomic E-state index is 0.150. The maximum atomic E-state index is 10.6. The number of hydrogen-bond acceptors (Lipinski definition) is 3. The van der Waals surface area contributed by atoms with Crippen LogP contribution in [0.25, 0.3) is 0 Å². The molecule has 0 aliphatic carbocycles. The third-order valence-electron chi connectivity index (χ3n) is 1.76. The quantitative estimate of drug-likeness (QED) is 0.576. The summed E-state index contributed by atoms with van der Waals surface area (Å²) in [5.74, 6) is 6.46. The second-order valence-corrected chi connectivity index (χ2v) is 2.87. The molecule has 0 fully saturated rings. The summed E-state index contributed by atoms with van der Waals surface area (Å²) in [6.07, 6.45) is 0. The molecule has 0 radical (unpaired) electrons. The van der Waals surface area contributed by atoms with E-state index < -0.39 is 0 Å². The number of benzene rings is 1. The van der Waals surface area contributed by atoms with Gasteiger partial charge in [0, 0.05) is 12.5 Å². The molecule has 70 valence electrons. The van der Waals surface area contributed by atoms with Gasteiger partial charge in [-0.1, -0.05) is 5.92 Å². The predicted octanol–water partition coefficient (Wildman–Crippen LogP) is 1.36. The summed E-state index contributed by atoms with van der Waals surface area (Å²) in [4.78, 5) is 10.6. The molecule has 0 saturated carbocycles. The molecule has 2 rings (SSSR count). The Bertz CT molecular complexity index is 438. The predicted molar refractivity (Wildman–Crippen MR) is 50.1 cm³/mol. The molecular formula is C11H8O3. The number of rotatable bonds is 0. The number of ketones is 1. The van der Waals surface area contributed by atoms with E-state index in [0.29, 0.717) is 5.75 Å². The van der Waals surface area contributed by atoms with Crippen molar-refractivity contribution in [2.45, 2.75) is 6.92 Å². The molecule has 0 unspecified atom stereocenters. The van der Waals surface area contributed by atoms with Crippen molar-refractivity contribution in [1.29, 1.82) is 0 Å².